The number of fused-ring (bicyclic) bond motifs is 1. The number of methoxy groups -OCH3 is 1. The number of aryl methyl sites for hydroxylation is 1. The van der Waals surface area contributed by atoms with Crippen molar-refractivity contribution in [3.8, 4) is 34.4 Å². The van der Waals surface area contributed by atoms with Gasteiger partial charge in [-0.05, 0) is 25.1 Å². The van der Waals surface area contributed by atoms with Crippen molar-refractivity contribution in [1.82, 2.24) is 34.2 Å². The summed E-state index contributed by atoms with van der Waals surface area (Å²) in [6.07, 6.45) is 12.7. The lowest BCUT2D eigenvalue weighted by Crippen LogP contribution is -1.99. The standard InChI is InChI=1S/C23H19N7O/c1-16-17(10-27-30(16)21-5-4-8-24-13-21)6-7-18-11-26-29-15-19(9-22(31-3)23(18)29)20-12-25-28(2)14-20/h4-5,8-15H,1-3H3. The summed E-state index contributed by atoms with van der Waals surface area (Å²) in [5.41, 5.74) is 6.24. The number of nitrogens with zero attached hydrogens (tertiary/aromatic N) is 7. The van der Waals surface area contributed by atoms with Crippen molar-refractivity contribution in [3.63, 3.8) is 0 Å². The van der Waals surface area contributed by atoms with Crippen LogP contribution in [0, 0.1) is 18.8 Å². The fourth-order valence-corrected chi connectivity index (χ4v) is 3.47. The number of rotatable bonds is 3. The molecule has 0 saturated carbocycles. The summed E-state index contributed by atoms with van der Waals surface area (Å²) in [6.45, 7) is 1.99. The molecule has 8 nitrogen and oxygen atoms in total. The molecule has 5 heterocycles. The largest absolute Gasteiger partial charge is 0.494 e. The maximum atomic E-state index is 5.65. The second-order valence-electron chi connectivity index (χ2n) is 7.07. The zero-order valence-corrected chi connectivity index (χ0v) is 17.3. The summed E-state index contributed by atoms with van der Waals surface area (Å²) in [4.78, 5) is 4.15. The van der Waals surface area contributed by atoms with Crippen molar-refractivity contribution in [1.29, 1.82) is 0 Å². The van der Waals surface area contributed by atoms with Crippen LogP contribution in [-0.2, 0) is 7.05 Å². The van der Waals surface area contributed by atoms with Gasteiger partial charge in [0.15, 0.2) is 0 Å². The van der Waals surface area contributed by atoms with Gasteiger partial charge in [0.2, 0.25) is 0 Å². The van der Waals surface area contributed by atoms with Crippen molar-refractivity contribution in [2.24, 2.45) is 7.05 Å². The van der Waals surface area contributed by atoms with Gasteiger partial charge in [-0.2, -0.15) is 15.3 Å². The molecule has 0 fully saturated rings. The first kappa shape index (κ1) is 18.6. The molecule has 0 atom stereocenters. The van der Waals surface area contributed by atoms with Crippen molar-refractivity contribution in [2.75, 3.05) is 7.11 Å². The number of ether oxygens (including phenoxy) is 1. The lowest BCUT2D eigenvalue weighted by Gasteiger charge is -2.06. The second kappa shape index (κ2) is 7.46. The first-order valence-corrected chi connectivity index (χ1v) is 9.65. The van der Waals surface area contributed by atoms with Gasteiger partial charge >= 0.3 is 0 Å². The topological polar surface area (TPSA) is 75.1 Å². The van der Waals surface area contributed by atoms with Crippen LogP contribution in [0.3, 0.4) is 0 Å². The van der Waals surface area contributed by atoms with E-state index in [0.717, 1.165) is 39.2 Å². The summed E-state index contributed by atoms with van der Waals surface area (Å²) >= 11 is 0. The second-order valence-corrected chi connectivity index (χ2v) is 7.07. The third-order valence-corrected chi connectivity index (χ3v) is 5.07. The Bertz CT molecular complexity index is 1450. The first-order valence-electron chi connectivity index (χ1n) is 9.65. The number of hydrogen-bond donors (Lipinski definition) is 0. The first-order chi connectivity index (χ1) is 15.1. The van der Waals surface area contributed by atoms with E-state index in [4.69, 9.17) is 4.74 Å². The number of hydrogen-bond acceptors (Lipinski definition) is 5. The van der Waals surface area contributed by atoms with Crippen molar-refractivity contribution in [3.05, 3.63) is 78.4 Å². The van der Waals surface area contributed by atoms with Crippen LogP contribution < -0.4 is 4.74 Å². The van der Waals surface area contributed by atoms with Crippen LogP contribution in [0.1, 0.15) is 16.8 Å². The Balaban J connectivity index is 1.54. The lowest BCUT2D eigenvalue weighted by atomic mass is 10.1. The number of aromatic nitrogens is 7. The average Bonchev–Trinajstić information content (AvgIpc) is 3.51. The third kappa shape index (κ3) is 3.32. The molecule has 0 amide bonds. The predicted octanol–water partition coefficient (Wildman–Crippen LogP) is 3.03. The van der Waals surface area contributed by atoms with Gasteiger partial charge in [-0.3, -0.25) is 9.67 Å². The van der Waals surface area contributed by atoms with Gasteiger partial charge in [0.05, 0.1) is 54.4 Å². The highest BCUT2D eigenvalue weighted by Crippen LogP contribution is 2.29. The van der Waals surface area contributed by atoms with Gasteiger partial charge in [-0.1, -0.05) is 11.8 Å². The van der Waals surface area contributed by atoms with Crippen molar-refractivity contribution in [2.45, 2.75) is 6.92 Å². The van der Waals surface area contributed by atoms with Crippen molar-refractivity contribution >= 4 is 5.52 Å². The lowest BCUT2D eigenvalue weighted by molar-refractivity contribution is 0.417. The van der Waals surface area contributed by atoms with E-state index in [2.05, 4.69) is 32.1 Å². The van der Waals surface area contributed by atoms with Crippen molar-refractivity contribution < 1.29 is 4.74 Å². The summed E-state index contributed by atoms with van der Waals surface area (Å²) in [5, 5.41) is 13.2. The van der Waals surface area contributed by atoms with Crippen LogP contribution in [0.4, 0.5) is 0 Å². The molecule has 0 N–H and O–H groups in total. The smallest absolute Gasteiger partial charge is 0.146 e. The molecule has 0 aliphatic carbocycles. The van der Waals surface area contributed by atoms with Crippen LogP contribution in [-0.4, -0.2) is 41.3 Å². The molecule has 31 heavy (non-hydrogen) atoms. The minimum Gasteiger partial charge on any atom is -0.494 e. The van der Waals surface area contributed by atoms with Gasteiger partial charge in [-0.25, -0.2) is 9.20 Å². The molecule has 0 aliphatic heterocycles. The highest BCUT2D eigenvalue weighted by molar-refractivity contribution is 5.75. The molecule has 5 rings (SSSR count). The quantitative estimate of drug-likeness (QED) is 0.428. The molecule has 0 aliphatic rings. The highest BCUT2D eigenvalue weighted by Gasteiger charge is 2.13. The fourth-order valence-electron chi connectivity index (χ4n) is 3.47. The Kier molecular flexibility index (Phi) is 4.49. The molecule has 8 heteroatoms. The van der Waals surface area contributed by atoms with E-state index in [1.165, 1.54) is 0 Å². The Morgan fingerprint density at radius 1 is 0.935 bits per heavy atom. The average molecular weight is 409 g/mol. The molecule has 0 radical (unpaired) electrons. The zero-order chi connectivity index (χ0) is 21.4. The van der Waals surface area contributed by atoms with E-state index < -0.39 is 0 Å². The minimum atomic E-state index is 0.700. The Hall–Kier alpha value is -4.38. The summed E-state index contributed by atoms with van der Waals surface area (Å²) in [7, 11) is 3.54. The fraction of sp³-hybridized carbons (Fsp3) is 0.130. The monoisotopic (exact) mass is 409 g/mol. The van der Waals surface area contributed by atoms with E-state index in [1.54, 1.807) is 41.1 Å². The van der Waals surface area contributed by atoms with E-state index in [9.17, 15) is 0 Å². The van der Waals surface area contributed by atoms with Crippen LogP contribution in [0.15, 0.2) is 61.6 Å². The summed E-state index contributed by atoms with van der Waals surface area (Å²) in [6, 6.07) is 5.82. The van der Waals surface area contributed by atoms with E-state index in [-0.39, 0.29) is 0 Å². The molecule has 0 aromatic carbocycles. The molecule has 5 aromatic rings. The minimum absolute atomic E-state index is 0.700. The van der Waals surface area contributed by atoms with Gasteiger partial charge in [0.1, 0.15) is 11.3 Å². The van der Waals surface area contributed by atoms with Gasteiger partial charge in [-0.15, -0.1) is 0 Å². The molecular weight excluding hydrogens is 390 g/mol. The molecule has 0 unspecified atom stereocenters. The summed E-state index contributed by atoms with van der Waals surface area (Å²) in [5.74, 6) is 7.15. The van der Waals surface area contributed by atoms with Crippen LogP contribution >= 0.6 is 0 Å². The molecule has 5 aromatic heterocycles. The normalized spacial score (nSPS) is 10.8. The summed E-state index contributed by atoms with van der Waals surface area (Å²) < 4.78 is 11.0. The maximum absolute atomic E-state index is 5.65. The molecular formula is C23H19N7O. The van der Waals surface area contributed by atoms with E-state index in [0.29, 0.717) is 5.75 Å². The molecule has 0 bridgehead atoms. The zero-order valence-electron chi connectivity index (χ0n) is 17.3. The SMILES string of the molecule is COc1cc(-c2cnn(C)c2)cn2ncc(C#Cc3cnn(-c4cccnc4)c3C)c12. The van der Waals surface area contributed by atoms with Gasteiger partial charge < -0.3 is 4.74 Å². The Morgan fingerprint density at radius 3 is 2.52 bits per heavy atom. The maximum Gasteiger partial charge on any atom is 0.146 e. The third-order valence-electron chi connectivity index (χ3n) is 5.07. The molecule has 152 valence electrons. The Labute approximate surface area is 178 Å². The molecule has 0 saturated heterocycles. The van der Waals surface area contributed by atoms with Crippen LogP contribution in [0.5, 0.6) is 5.75 Å². The van der Waals surface area contributed by atoms with Crippen LogP contribution in [0.2, 0.25) is 0 Å². The molecule has 0 spiro atoms. The predicted molar refractivity (Wildman–Crippen MR) is 116 cm³/mol. The van der Waals surface area contributed by atoms with Crippen LogP contribution in [0.25, 0.3) is 22.3 Å². The van der Waals surface area contributed by atoms with Gasteiger partial charge in [0.25, 0.3) is 0 Å². The highest BCUT2D eigenvalue weighted by atomic mass is 16.5. The van der Waals surface area contributed by atoms with Gasteiger partial charge in [0, 0.05) is 36.8 Å². The van der Waals surface area contributed by atoms with E-state index in [1.807, 2.05) is 55.4 Å². The number of pyridine rings is 2. The Morgan fingerprint density at radius 2 is 1.77 bits per heavy atom. The van der Waals surface area contributed by atoms with E-state index >= 15 is 0 Å².